The maximum atomic E-state index is 10.7. The van der Waals surface area contributed by atoms with E-state index >= 15 is 0 Å². The first-order valence-electron chi connectivity index (χ1n) is 6.77. The van der Waals surface area contributed by atoms with Gasteiger partial charge in [0.15, 0.2) is 0 Å². The molecule has 98 valence electrons. The molecule has 1 heterocycles. The van der Waals surface area contributed by atoms with Gasteiger partial charge in [0.05, 0.1) is 0 Å². The van der Waals surface area contributed by atoms with Crippen LogP contribution in [0.15, 0.2) is 36.4 Å². The third-order valence-corrected chi connectivity index (χ3v) is 3.90. The third-order valence-electron chi connectivity index (χ3n) is 3.90. The molecule has 0 radical (unpaired) electrons. The Bertz CT molecular complexity index is 619. The molecular formula is C17H19NO. The van der Waals surface area contributed by atoms with Crippen LogP contribution >= 0.6 is 0 Å². The Labute approximate surface area is 114 Å². The van der Waals surface area contributed by atoms with Crippen molar-refractivity contribution in [3.63, 3.8) is 0 Å². The van der Waals surface area contributed by atoms with Gasteiger partial charge in [-0.2, -0.15) is 0 Å². The number of fused-ring (bicyclic) bond motifs is 1. The van der Waals surface area contributed by atoms with Crippen LogP contribution in [-0.4, -0.2) is 11.7 Å². The summed E-state index contributed by atoms with van der Waals surface area (Å²) in [6.45, 7) is 5.07. The molecule has 0 saturated carbocycles. The van der Waals surface area contributed by atoms with E-state index in [1.807, 2.05) is 12.1 Å². The van der Waals surface area contributed by atoms with E-state index in [0.29, 0.717) is 0 Å². The molecule has 1 unspecified atom stereocenters. The number of aryl methyl sites for hydroxylation is 2. The second-order valence-electron chi connectivity index (χ2n) is 5.32. The average molecular weight is 253 g/mol. The van der Waals surface area contributed by atoms with Crippen LogP contribution < -0.4 is 5.32 Å². The standard InChI is InChI=1S/C17H19NO/c1-11-6-7-12(2)15(10-11)17(19)14-5-3-4-13-8-9-18-16(13)14/h3-7,10,17-19H,8-9H2,1-2H3. The Morgan fingerprint density at radius 3 is 2.79 bits per heavy atom. The first-order valence-corrected chi connectivity index (χ1v) is 6.77. The molecule has 2 aromatic rings. The highest BCUT2D eigenvalue weighted by atomic mass is 16.3. The van der Waals surface area contributed by atoms with Crippen molar-refractivity contribution < 1.29 is 5.11 Å². The van der Waals surface area contributed by atoms with Crippen LogP contribution in [0.5, 0.6) is 0 Å². The van der Waals surface area contributed by atoms with Gasteiger partial charge in [-0.15, -0.1) is 0 Å². The van der Waals surface area contributed by atoms with Crippen molar-refractivity contribution >= 4 is 5.69 Å². The number of anilines is 1. The summed E-state index contributed by atoms with van der Waals surface area (Å²) in [6.07, 6.45) is 0.489. The van der Waals surface area contributed by atoms with E-state index in [1.165, 1.54) is 11.1 Å². The second-order valence-corrected chi connectivity index (χ2v) is 5.32. The lowest BCUT2D eigenvalue weighted by atomic mass is 9.94. The van der Waals surface area contributed by atoms with Crippen LogP contribution in [0.3, 0.4) is 0 Å². The molecule has 1 aliphatic rings. The number of para-hydroxylation sites is 1. The molecule has 0 fully saturated rings. The highest BCUT2D eigenvalue weighted by Gasteiger charge is 2.21. The molecule has 3 rings (SSSR count). The van der Waals surface area contributed by atoms with E-state index in [9.17, 15) is 5.11 Å². The van der Waals surface area contributed by atoms with Gasteiger partial charge in [-0.1, -0.05) is 42.0 Å². The van der Waals surface area contributed by atoms with Crippen molar-refractivity contribution in [1.82, 2.24) is 0 Å². The molecular weight excluding hydrogens is 234 g/mol. The van der Waals surface area contributed by atoms with Crippen LogP contribution in [-0.2, 0) is 6.42 Å². The van der Waals surface area contributed by atoms with Crippen molar-refractivity contribution in [3.05, 3.63) is 64.2 Å². The van der Waals surface area contributed by atoms with Gasteiger partial charge >= 0.3 is 0 Å². The largest absolute Gasteiger partial charge is 0.384 e. The molecule has 0 amide bonds. The third kappa shape index (κ3) is 2.13. The predicted octanol–water partition coefficient (Wildman–Crippen LogP) is 3.35. The van der Waals surface area contributed by atoms with Gasteiger partial charge in [-0.25, -0.2) is 0 Å². The molecule has 1 atom stereocenters. The number of nitrogens with one attached hydrogen (secondary N) is 1. The fraction of sp³-hybridized carbons (Fsp3) is 0.294. The molecule has 1 aliphatic heterocycles. The molecule has 2 nitrogen and oxygen atoms in total. The lowest BCUT2D eigenvalue weighted by Gasteiger charge is -2.18. The van der Waals surface area contributed by atoms with Gasteiger partial charge in [0.1, 0.15) is 6.10 Å². The Kier molecular flexibility index (Phi) is 3.03. The number of hydrogen-bond acceptors (Lipinski definition) is 2. The van der Waals surface area contributed by atoms with Crippen LogP contribution in [0.1, 0.15) is 33.9 Å². The minimum absolute atomic E-state index is 0.555. The van der Waals surface area contributed by atoms with Crippen molar-refractivity contribution in [2.75, 3.05) is 11.9 Å². The number of aliphatic hydroxyl groups is 1. The van der Waals surface area contributed by atoms with E-state index in [2.05, 4.69) is 43.4 Å². The zero-order chi connectivity index (χ0) is 13.4. The van der Waals surface area contributed by atoms with E-state index < -0.39 is 6.10 Å². The highest BCUT2D eigenvalue weighted by molar-refractivity contribution is 5.63. The highest BCUT2D eigenvalue weighted by Crippen LogP contribution is 2.35. The van der Waals surface area contributed by atoms with Gasteiger partial charge in [0, 0.05) is 17.8 Å². The average Bonchev–Trinajstić information content (AvgIpc) is 2.89. The molecule has 0 spiro atoms. The van der Waals surface area contributed by atoms with Gasteiger partial charge in [0.25, 0.3) is 0 Å². The quantitative estimate of drug-likeness (QED) is 0.860. The minimum Gasteiger partial charge on any atom is -0.384 e. The minimum atomic E-state index is -0.555. The lowest BCUT2D eigenvalue weighted by molar-refractivity contribution is 0.220. The zero-order valence-corrected chi connectivity index (χ0v) is 11.4. The summed E-state index contributed by atoms with van der Waals surface area (Å²) in [6, 6.07) is 12.4. The second kappa shape index (κ2) is 4.71. The molecule has 0 saturated heterocycles. The molecule has 2 aromatic carbocycles. The maximum Gasteiger partial charge on any atom is 0.106 e. The number of aliphatic hydroxyl groups excluding tert-OH is 1. The van der Waals surface area contributed by atoms with Crippen molar-refractivity contribution in [2.45, 2.75) is 26.4 Å². The first kappa shape index (κ1) is 12.2. The molecule has 2 heteroatoms. The topological polar surface area (TPSA) is 32.3 Å². The summed E-state index contributed by atoms with van der Waals surface area (Å²) in [4.78, 5) is 0. The Morgan fingerprint density at radius 2 is 1.95 bits per heavy atom. The summed E-state index contributed by atoms with van der Waals surface area (Å²) < 4.78 is 0. The fourth-order valence-corrected chi connectivity index (χ4v) is 2.82. The first-order chi connectivity index (χ1) is 9.16. The van der Waals surface area contributed by atoms with Crippen molar-refractivity contribution in [2.24, 2.45) is 0 Å². The normalized spacial score (nSPS) is 14.9. The van der Waals surface area contributed by atoms with Crippen LogP contribution in [0.25, 0.3) is 0 Å². The van der Waals surface area contributed by atoms with Gasteiger partial charge < -0.3 is 10.4 Å². The SMILES string of the molecule is Cc1ccc(C)c(C(O)c2cccc3c2NCC3)c1. The fourth-order valence-electron chi connectivity index (χ4n) is 2.82. The Morgan fingerprint density at radius 1 is 1.11 bits per heavy atom. The smallest absolute Gasteiger partial charge is 0.106 e. The Hall–Kier alpha value is -1.80. The monoisotopic (exact) mass is 253 g/mol. The predicted molar refractivity (Wildman–Crippen MR) is 78.6 cm³/mol. The van der Waals surface area contributed by atoms with E-state index in [0.717, 1.165) is 35.3 Å². The van der Waals surface area contributed by atoms with Gasteiger partial charge in [0.2, 0.25) is 0 Å². The molecule has 0 aliphatic carbocycles. The van der Waals surface area contributed by atoms with Crippen LogP contribution in [0.2, 0.25) is 0 Å². The molecule has 0 aromatic heterocycles. The van der Waals surface area contributed by atoms with Gasteiger partial charge in [-0.3, -0.25) is 0 Å². The molecule has 19 heavy (non-hydrogen) atoms. The van der Waals surface area contributed by atoms with Gasteiger partial charge in [-0.05, 0) is 37.0 Å². The summed E-state index contributed by atoms with van der Waals surface area (Å²) >= 11 is 0. The molecule has 2 N–H and O–H groups in total. The summed E-state index contributed by atoms with van der Waals surface area (Å²) in [7, 11) is 0. The van der Waals surface area contributed by atoms with Crippen LogP contribution in [0, 0.1) is 13.8 Å². The van der Waals surface area contributed by atoms with Crippen molar-refractivity contribution in [3.8, 4) is 0 Å². The summed E-state index contributed by atoms with van der Waals surface area (Å²) in [5.74, 6) is 0. The summed E-state index contributed by atoms with van der Waals surface area (Å²) in [5.41, 5.74) is 6.73. The van der Waals surface area contributed by atoms with Crippen molar-refractivity contribution in [1.29, 1.82) is 0 Å². The van der Waals surface area contributed by atoms with E-state index in [1.54, 1.807) is 0 Å². The number of benzene rings is 2. The number of rotatable bonds is 2. The molecule has 0 bridgehead atoms. The lowest BCUT2D eigenvalue weighted by Crippen LogP contribution is -2.05. The van der Waals surface area contributed by atoms with E-state index in [-0.39, 0.29) is 0 Å². The van der Waals surface area contributed by atoms with E-state index in [4.69, 9.17) is 0 Å². The maximum absolute atomic E-state index is 10.7. The number of hydrogen-bond donors (Lipinski definition) is 2. The zero-order valence-electron chi connectivity index (χ0n) is 11.4. The summed E-state index contributed by atoms with van der Waals surface area (Å²) in [5, 5.41) is 14.1. The Balaban J connectivity index is 2.07. The van der Waals surface area contributed by atoms with Crippen LogP contribution in [0.4, 0.5) is 5.69 Å².